The molecule has 1 aliphatic heterocycles. The molecular formula is C21H38IN5. The summed E-state index contributed by atoms with van der Waals surface area (Å²) in [5.74, 6) is 1.54. The Balaban J connectivity index is 0.00000364. The number of nitrogens with one attached hydrogen (secondary N) is 2. The highest BCUT2D eigenvalue weighted by molar-refractivity contribution is 14.0. The molecule has 0 saturated carbocycles. The molecule has 5 nitrogen and oxygen atoms in total. The SMILES string of the molecule is CCNC(=NCC(C(C)C)N1CCN(C)CC1)NCCc1ccccc1.I. The fraction of sp³-hybridized carbons (Fsp3) is 0.667. The zero-order chi connectivity index (χ0) is 18.8. The van der Waals surface area contributed by atoms with Crippen molar-refractivity contribution in [2.75, 3.05) is 52.9 Å². The lowest BCUT2D eigenvalue weighted by Crippen LogP contribution is -2.52. The van der Waals surface area contributed by atoms with E-state index in [-0.39, 0.29) is 24.0 Å². The second-order valence-corrected chi connectivity index (χ2v) is 7.53. The first-order valence-electron chi connectivity index (χ1n) is 10.1. The Kier molecular flexibility index (Phi) is 11.9. The van der Waals surface area contributed by atoms with Crippen molar-refractivity contribution in [2.24, 2.45) is 10.9 Å². The molecule has 1 aromatic rings. The van der Waals surface area contributed by atoms with Crippen LogP contribution in [-0.2, 0) is 6.42 Å². The molecule has 27 heavy (non-hydrogen) atoms. The van der Waals surface area contributed by atoms with Crippen molar-refractivity contribution in [3.63, 3.8) is 0 Å². The topological polar surface area (TPSA) is 42.9 Å². The number of benzene rings is 1. The Labute approximate surface area is 183 Å². The van der Waals surface area contributed by atoms with Crippen LogP contribution in [0.5, 0.6) is 0 Å². The molecule has 0 amide bonds. The average molecular weight is 487 g/mol. The van der Waals surface area contributed by atoms with Crippen LogP contribution in [0.25, 0.3) is 0 Å². The summed E-state index contributed by atoms with van der Waals surface area (Å²) in [5.41, 5.74) is 1.35. The molecule has 0 spiro atoms. The van der Waals surface area contributed by atoms with Crippen molar-refractivity contribution in [1.29, 1.82) is 0 Å². The molecule has 1 aliphatic rings. The van der Waals surface area contributed by atoms with Gasteiger partial charge < -0.3 is 15.5 Å². The van der Waals surface area contributed by atoms with E-state index in [0.29, 0.717) is 12.0 Å². The smallest absolute Gasteiger partial charge is 0.191 e. The van der Waals surface area contributed by atoms with E-state index in [0.717, 1.165) is 58.2 Å². The quantitative estimate of drug-likeness (QED) is 0.336. The van der Waals surface area contributed by atoms with Crippen LogP contribution in [0, 0.1) is 5.92 Å². The first-order chi connectivity index (χ1) is 12.6. The summed E-state index contributed by atoms with van der Waals surface area (Å²) >= 11 is 0. The highest BCUT2D eigenvalue weighted by Crippen LogP contribution is 2.14. The van der Waals surface area contributed by atoms with E-state index in [1.807, 2.05) is 0 Å². The molecule has 1 atom stereocenters. The first kappa shape index (κ1) is 24.2. The van der Waals surface area contributed by atoms with Crippen molar-refractivity contribution >= 4 is 29.9 Å². The van der Waals surface area contributed by atoms with Gasteiger partial charge in [0, 0.05) is 45.3 Å². The van der Waals surface area contributed by atoms with E-state index >= 15 is 0 Å². The van der Waals surface area contributed by atoms with Crippen molar-refractivity contribution in [3.8, 4) is 0 Å². The summed E-state index contributed by atoms with van der Waals surface area (Å²) in [4.78, 5) is 9.92. The van der Waals surface area contributed by atoms with Crippen LogP contribution in [-0.4, -0.2) is 74.7 Å². The molecule has 0 aromatic heterocycles. The lowest BCUT2D eigenvalue weighted by atomic mass is 10.0. The summed E-state index contributed by atoms with van der Waals surface area (Å²) in [5, 5.41) is 6.87. The summed E-state index contributed by atoms with van der Waals surface area (Å²) in [7, 11) is 2.21. The fourth-order valence-corrected chi connectivity index (χ4v) is 3.40. The van der Waals surface area contributed by atoms with Gasteiger partial charge in [-0.3, -0.25) is 9.89 Å². The van der Waals surface area contributed by atoms with E-state index in [1.54, 1.807) is 0 Å². The molecule has 2 rings (SSSR count). The predicted molar refractivity (Wildman–Crippen MR) is 127 cm³/mol. The number of piperazine rings is 1. The minimum atomic E-state index is 0. The first-order valence-corrected chi connectivity index (χ1v) is 10.1. The number of guanidine groups is 1. The molecule has 1 aromatic carbocycles. The van der Waals surface area contributed by atoms with Crippen molar-refractivity contribution in [2.45, 2.75) is 33.2 Å². The average Bonchev–Trinajstić information content (AvgIpc) is 2.64. The van der Waals surface area contributed by atoms with Gasteiger partial charge in [-0.25, -0.2) is 0 Å². The minimum absolute atomic E-state index is 0. The highest BCUT2D eigenvalue weighted by atomic mass is 127. The van der Waals surface area contributed by atoms with E-state index in [2.05, 4.69) is 78.6 Å². The Morgan fingerprint density at radius 1 is 1.07 bits per heavy atom. The zero-order valence-corrected chi connectivity index (χ0v) is 19.8. The number of likely N-dealkylation sites (N-methyl/N-ethyl adjacent to an activating group) is 1. The molecule has 1 saturated heterocycles. The van der Waals surface area contributed by atoms with Gasteiger partial charge in [-0.05, 0) is 31.9 Å². The maximum Gasteiger partial charge on any atom is 0.191 e. The van der Waals surface area contributed by atoms with Crippen LogP contribution in [0.4, 0.5) is 0 Å². The lowest BCUT2D eigenvalue weighted by molar-refractivity contribution is 0.0925. The third-order valence-electron chi connectivity index (χ3n) is 5.11. The van der Waals surface area contributed by atoms with Crippen molar-refractivity contribution in [1.82, 2.24) is 20.4 Å². The summed E-state index contributed by atoms with van der Waals surface area (Å²) in [6, 6.07) is 11.1. The molecule has 1 unspecified atom stereocenters. The number of aliphatic imine (C=N–C) groups is 1. The Morgan fingerprint density at radius 2 is 1.74 bits per heavy atom. The third-order valence-corrected chi connectivity index (χ3v) is 5.11. The van der Waals surface area contributed by atoms with Gasteiger partial charge >= 0.3 is 0 Å². The monoisotopic (exact) mass is 487 g/mol. The Bertz CT molecular complexity index is 527. The number of halogens is 1. The maximum atomic E-state index is 4.90. The molecule has 0 aliphatic carbocycles. The molecular weight excluding hydrogens is 449 g/mol. The van der Waals surface area contributed by atoms with Crippen LogP contribution in [0.1, 0.15) is 26.3 Å². The Hall–Kier alpha value is -0.860. The predicted octanol–water partition coefficient (Wildman–Crippen LogP) is 2.67. The number of rotatable bonds is 8. The van der Waals surface area contributed by atoms with Gasteiger partial charge in [-0.15, -0.1) is 24.0 Å². The van der Waals surface area contributed by atoms with Crippen molar-refractivity contribution in [3.05, 3.63) is 35.9 Å². The van der Waals surface area contributed by atoms with Gasteiger partial charge in [0.2, 0.25) is 0 Å². The molecule has 6 heteroatoms. The van der Waals surface area contributed by atoms with Crippen LogP contribution >= 0.6 is 24.0 Å². The van der Waals surface area contributed by atoms with Crippen LogP contribution in [0.3, 0.4) is 0 Å². The van der Waals surface area contributed by atoms with E-state index in [9.17, 15) is 0 Å². The van der Waals surface area contributed by atoms with Crippen LogP contribution in [0.2, 0.25) is 0 Å². The van der Waals surface area contributed by atoms with E-state index < -0.39 is 0 Å². The third kappa shape index (κ3) is 8.79. The van der Waals surface area contributed by atoms with Gasteiger partial charge in [-0.2, -0.15) is 0 Å². The number of hydrogen-bond acceptors (Lipinski definition) is 3. The number of nitrogens with zero attached hydrogens (tertiary/aromatic N) is 3. The largest absolute Gasteiger partial charge is 0.357 e. The standard InChI is InChI=1S/C21H37N5.HI/c1-5-22-21(23-12-11-19-9-7-6-8-10-19)24-17-20(18(2)3)26-15-13-25(4)14-16-26;/h6-10,18,20H,5,11-17H2,1-4H3,(H2,22,23,24);1H. The molecule has 2 N–H and O–H groups in total. The number of hydrogen-bond donors (Lipinski definition) is 2. The van der Waals surface area contributed by atoms with Crippen LogP contribution < -0.4 is 10.6 Å². The summed E-state index contributed by atoms with van der Waals surface area (Å²) in [6.07, 6.45) is 1.01. The van der Waals surface area contributed by atoms with Gasteiger partial charge in [0.1, 0.15) is 0 Å². The molecule has 0 bridgehead atoms. The van der Waals surface area contributed by atoms with Gasteiger partial charge in [-0.1, -0.05) is 44.2 Å². The fourth-order valence-electron chi connectivity index (χ4n) is 3.40. The molecule has 0 radical (unpaired) electrons. The highest BCUT2D eigenvalue weighted by Gasteiger charge is 2.24. The van der Waals surface area contributed by atoms with Crippen molar-refractivity contribution < 1.29 is 0 Å². The van der Waals surface area contributed by atoms with Gasteiger partial charge in [0.05, 0.1) is 6.54 Å². The summed E-state index contributed by atoms with van der Waals surface area (Å²) < 4.78 is 0. The molecule has 1 fully saturated rings. The normalized spacial score (nSPS) is 17.4. The van der Waals surface area contributed by atoms with E-state index in [1.165, 1.54) is 5.56 Å². The molecule has 154 valence electrons. The van der Waals surface area contributed by atoms with E-state index in [4.69, 9.17) is 4.99 Å². The van der Waals surface area contributed by atoms with Gasteiger partial charge in [0.15, 0.2) is 5.96 Å². The lowest BCUT2D eigenvalue weighted by Gasteiger charge is -2.39. The summed E-state index contributed by atoms with van der Waals surface area (Å²) in [6.45, 7) is 14.0. The minimum Gasteiger partial charge on any atom is -0.357 e. The van der Waals surface area contributed by atoms with Crippen LogP contribution in [0.15, 0.2) is 35.3 Å². The second-order valence-electron chi connectivity index (χ2n) is 7.53. The maximum absolute atomic E-state index is 4.90. The second kappa shape index (κ2) is 13.3. The zero-order valence-electron chi connectivity index (χ0n) is 17.4. The Morgan fingerprint density at radius 3 is 2.33 bits per heavy atom. The molecule has 1 heterocycles. The van der Waals surface area contributed by atoms with Gasteiger partial charge in [0.25, 0.3) is 0 Å².